The molecular weight excluding hydrogens is 829 g/mol. The van der Waals surface area contributed by atoms with Crippen molar-refractivity contribution >= 4 is 93.6 Å². The van der Waals surface area contributed by atoms with Gasteiger partial charge in [-0.05, 0) is 94.2 Å². The topological polar surface area (TPSA) is 47.7 Å². The second-order valence-electron chi connectivity index (χ2n) is 17.7. The third-order valence-corrected chi connectivity index (χ3v) is 13.8. The van der Waals surface area contributed by atoms with Gasteiger partial charge in [0.1, 0.15) is 11.2 Å². The first-order valence-electron chi connectivity index (χ1n) is 23.2. The van der Waals surface area contributed by atoms with Crippen LogP contribution in [0.5, 0.6) is 0 Å². The molecule has 0 saturated heterocycles. The van der Waals surface area contributed by atoms with Gasteiger partial charge in [0.05, 0.1) is 39.2 Å². The summed E-state index contributed by atoms with van der Waals surface area (Å²) in [5.74, 6) is 0.647. The highest BCUT2D eigenvalue weighted by Crippen LogP contribution is 2.43. The number of fused-ring (bicyclic) bond motifs is 10. The van der Waals surface area contributed by atoms with Gasteiger partial charge in [0.25, 0.3) is 0 Å². The number of allylic oxidation sites excluding steroid dienone is 1. The van der Waals surface area contributed by atoms with Gasteiger partial charge in [-0.3, -0.25) is 0 Å². The molecule has 0 unspecified atom stereocenters. The molecule has 0 aliphatic carbocycles. The van der Waals surface area contributed by atoms with Crippen molar-refractivity contribution in [3.8, 4) is 22.5 Å². The molecule has 318 valence electrons. The molecule has 1 aliphatic rings. The number of nitrogens with zero attached hydrogens (tertiary/aromatic N) is 4. The maximum absolute atomic E-state index is 6.68. The minimum atomic E-state index is 0.543. The van der Waals surface area contributed by atoms with Crippen LogP contribution in [0.15, 0.2) is 245 Å². The summed E-state index contributed by atoms with van der Waals surface area (Å²) in [6.07, 6.45) is 2.83. The molecule has 5 nitrogen and oxygen atoms in total. The molecule has 0 spiro atoms. The Bertz CT molecular complexity index is 4280. The molecule has 14 rings (SSSR count). The van der Waals surface area contributed by atoms with E-state index in [1.165, 1.54) is 37.8 Å². The average molecular weight is 869 g/mol. The minimum Gasteiger partial charge on any atom is -0.456 e. The van der Waals surface area contributed by atoms with Crippen LogP contribution in [0, 0.1) is 0 Å². The van der Waals surface area contributed by atoms with Crippen LogP contribution in [0.1, 0.15) is 23.1 Å². The zero-order valence-electron chi connectivity index (χ0n) is 36.8. The van der Waals surface area contributed by atoms with Crippen molar-refractivity contribution < 1.29 is 4.42 Å². The second-order valence-corrected chi connectivity index (χ2v) is 17.7. The SMILES string of the molecule is C1=C(c2c(-n3c4ccccc4c4cc5ccccc5cc43)ccc3oc4ccccc4c23)N=C(c2cccc(-c3ccccc3)c2)N=C(c2ccc3c4ccccc4n(-c4ccccc4)c3c2)C1. The largest absolute Gasteiger partial charge is 0.456 e. The molecule has 5 heteroatoms. The maximum Gasteiger partial charge on any atom is 0.160 e. The van der Waals surface area contributed by atoms with Gasteiger partial charge in [-0.25, -0.2) is 9.98 Å². The summed E-state index contributed by atoms with van der Waals surface area (Å²) in [6, 6.07) is 80.1. The van der Waals surface area contributed by atoms with Crippen LogP contribution in [0.25, 0.3) is 105 Å². The smallest absolute Gasteiger partial charge is 0.160 e. The van der Waals surface area contributed by atoms with E-state index in [9.17, 15) is 0 Å². The summed E-state index contributed by atoms with van der Waals surface area (Å²) in [7, 11) is 0. The first-order valence-corrected chi connectivity index (χ1v) is 23.2. The molecule has 0 atom stereocenters. The number of furan rings is 1. The molecule has 4 heterocycles. The summed E-state index contributed by atoms with van der Waals surface area (Å²) in [5, 5.41) is 9.28. The normalized spacial score (nSPS) is 13.2. The van der Waals surface area contributed by atoms with E-state index in [1.54, 1.807) is 0 Å². The predicted octanol–water partition coefficient (Wildman–Crippen LogP) is 16.3. The summed E-state index contributed by atoms with van der Waals surface area (Å²) in [4.78, 5) is 11.4. The van der Waals surface area contributed by atoms with Crippen molar-refractivity contribution in [1.82, 2.24) is 9.13 Å². The Balaban J connectivity index is 1.04. The van der Waals surface area contributed by atoms with Gasteiger partial charge in [-0.1, -0.05) is 164 Å². The lowest BCUT2D eigenvalue weighted by molar-refractivity contribution is 0.669. The number of aromatic nitrogens is 2. The summed E-state index contributed by atoms with van der Waals surface area (Å²) >= 11 is 0. The Morgan fingerprint density at radius 2 is 1.01 bits per heavy atom. The van der Waals surface area contributed by atoms with E-state index >= 15 is 0 Å². The number of benzene rings is 10. The molecule has 1 aliphatic heterocycles. The molecule has 13 aromatic rings. The number of para-hydroxylation sites is 4. The fraction of sp³-hybridized carbons (Fsp3) is 0.0159. The van der Waals surface area contributed by atoms with Crippen LogP contribution in [0.4, 0.5) is 0 Å². The average Bonchev–Trinajstić information content (AvgIpc) is 3.99. The Labute approximate surface area is 391 Å². The van der Waals surface area contributed by atoms with Crippen LogP contribution < -0.4 is 0 Å². The van der Waals surface area contributed by atoms with E-state index in [0.29, 0.717) is 12.3 Å². The monoisotopic (exact) mass is 868 g/mol. The standard InChI is InChI=1S/C63H40N4O/c1-3-16-40(17-4-1)41-20-15-21-45(36-41)63-64-52(44-30-31-49-47-24-9-12-27-54(47)66(57(49)39-44)46-22-5-2-6-23-46)32-33-53(65-63)62-56(34-35-60-61(62)50-26-11-14-29-59(50)68-60)67-55-28-13-10-25-48(55)51-37-42-18-7-8-19-43(42)38-58(51)67/h1-31,33-39H,32H2. The fourth-order valence-corrected chi connectivity index (χ4v) is 10.7. The highest BCUT2D eigenvalue weighted by atomic mass is 16.3. The van der Waals surface area contributed by atoms with E-state index in [2.05, 4.69) is 234 Å². The number of amidine groups is 1. The maximum atomic E-state index is 6.68. The highest BCUT2D eigenvalue weighted by Gasteiger charge is 2.25. The molecule has 0 saturated carbocycles. The third kappa shape index (κ3) is 6.03. The van der Waals surface area contributed by atoms with E-state index in [1.807, 2.05) is 6.07 Å². The number of hydrogen-bond donors (Lipinski definition) is 0. The van der Waals surface area contributed by atoms with E-state index in [0.717, 1.165) is 89.1 Å². The number of rotatable bonds is 6. The van der Waals surface area contributed by atoms with Crippen molar-refractivity contribution in [3.05, 3.63) is 247 Å². The summed E-state index contributed by atoms with van der Waals surface area (Å²) < 4.78 is 11.5. The Morgan fingerprint density at radius 1 is 0.382 bits per heavy atom. The minimum absolute atomic E-state index is 0.543. The lowest BCUT2D eigenvalue weighted by Gasteiger charge is -2.16. The summed E-state index contributed by atoms with van der Waals surface area (Å²) in [6.45, 7) is 0. The third-order valence-electron chi connectivity index (χ3n) is 13.8. The van der Waals surface area contributed by atoms with Gasteiger partial charge in [0.2, 0.25) is 0 Å². The molecule has 0 fully saturated rings. The quantitative estimate of drug-likeness (QED) is 0.164. The Hall–Kier alpha value is -9.06. The molecule has 0 bridgehead atoms. The van der Waals surface area contributed by atoms with Crippen molar-refractivity contribution in [3.63, 3.8) is 0 Å². The van der Waals surface area contributed by atoms with Crippen LogP contribution in [-0.2, 0) is 0 Å². The number of hydrogen-bond acceptors (Lipinski definition) is 3. The Kier molecular flexibility index (Phi) is 8.58. The predicted molar refractivity (Wildman–Crippen MR) is 284 cm³/mol. The lowest BCUT2D eigenvalue weighted by atomic mass is 9.99. The Morgan fingerprint density at radius 3 is 1.84 bits per heavy atom. The van der Waals surface area contributed by atoms with E-state index in [-0.39, 0.29) is 0 Å². The van der Waals surface area contributed by atoms with Crippen LogP contribution >= 0.6 is 0 Å². The highest BCUT2D eigenvalue weighted by molar-refractivity contribution is 6.21. The fourth-order valence-electron chi connectivity index (χ4n) is 10.7. The molecule has 68 heavy (non-hydrogen) atoms. The molecule has 0 amide bonds. The van der Waals surface area contributed by atoms with Gasteiger partial charge >= 0.3 is 0 Å². The van der Waals surface area contributed by atoms with Gasteiger partial charge in [-0.2, -0.15) is 0 Å². The molecule has 0 radical (unpaired) electrons. The van der Waals surface area contributed by atoms with Gasteiger partial charge in [0, 0.05) is 55.6 Å². The van der Waals surface area contributed by atoms with Crippen molar-refractivity contribution in [1.29, 1.82) is 0 Å². The summed E-state index contributed by atoms with van der Waals surface area (Å²) in [5.41, 5.74) is 15.3. The molecular formula is C63H40N4O. The lowest BCUT2D eigenvalue weighted by Crippen LogP contribution is -2.06. The van der Waals surface area contributed by atoms with Crippen molar-refractivity contribution in [2.24, 2.45) is 9.98 Å². The first kappa shape index (κ1) is 38.2. The van der Waals surface area contributed by atoms with Gasteiger partial charge in [-0.15, -0.1) is 0 Å². The van der Waals surface area contributed by atoms with E-state index in [4.69, 9.17) is 14.4 Å². The zero-order chi connectivity index (χ0) is 44.7. The molecule has 3 aromatic heterocycles. The van der Waals surface area contributed by atoms with Gasteiger partial charge in [0.15, 0.2) is 5.84 Å². The zero-order valence-corrected chi connectivity index (χ0v) is 36.8. The van der Waals surface area contributed by atoms with Crippen LogP contribution in [0.2, 0.25) is 0 Å². The van der Waals surface area contributed by atoms with Crippen LogP contribution in [0.3, 0.4) is 0 Å². The van der Waals surface area contributed by atoms with Crippen LogP contribution in [-0.4, -0.2) is 20.7 Å². The van der Waals surface area contributed by atoms with Crippen molar-refractivity contribution in [2.45, 2.75) is 6.42 Å². The first-order chi connectivity index (χ1) is 33.7. The second kappa shape index (κ2) is 15.3. The van der Waals surface area contributed by atoms with Crippen molar-refractivity contribution in [2.75, 3.05) is 0 Å². The molecule has 10 aromatic carbocycles. The molecule has 0 N–H and O–H groups in total. The number of aliphatic imine (C=N–C) groups is 2. The van der Waals surface area contributed by atoms with E-state index < -0.39 is 0 Å². The van der Waals surface area contributed by atoms with Gasteiger partial charge < -0.3 is 13.6 Å².